The van der Waals surface area contributed by atoms with E-state index in [1.54, 1.807) is 0 Å². The van der Waals surface area contributed by atoms with Crippen LogP contribution in [-0.4, -0.2) is 34.1 Å². The molecular weight excluding hydrogens is 360 g/mol. The van der Waals surface area contributed by atoms with Gasteiger partial charge in [-0.1, -0.05) is 49.4 Å². The molecule has 27 heavy (non-hydrogen) atoms. The van der Waals surface area contributed by atoms with E-state index in [4.69, 9.17) is 0 Å². The van der Waals surface area contributed by atoms with Gasteiger partial charge < -0.3 is 10.6 Å². The zero-order chi connectivity index (χ0) is 19.5. The van der Waals surface area contributed by atoms with Gasteiger partial charge in [-0.25, -0.2) is 0 Å². The van der Waals surface area contributed by atoms with Crippen molar-refractivity contribution in [2.75, 3.05) is 23.4 Å². The maximum absolute atomic E-state index is 12.0. The average molecular weight is 387 g/mol. The molecule has 0 aliphatic rings. The maximum Gasteiger partial charge on any atom is 0.237 e. The molecule has 144 valence electrons. The van der Waals surface area contributed by atoms with Crippen LogP contribution in [-0.2, 0) is 33.2 Å². The largest absolute Gasteiger partial charge is 0.355 e. The molecule has 0 fully saturated rings. The maximum atomic E-state index is 12.0. The quantitative estimate of drug-likeness (QED) is 0.617. The minimum Gasteiger partial charge on any atom is -0.355 e. The first-order chi connectivity index (χ1) is 13.1. The van der Waals surface area contributed by atoms with E-state index in [1.807, 2.05) is 54.6 Å². The summed E-state index contributed by atoms with van der Waals surface area (Å²) in [6, 6.07) is 17.6. The van der Waals surface area contributed by atoms with Crippen molar-refractivity contribution in [3.05, 3.63) is 65.7 Å². The van der Waals surface area contributed by atoms with Crippen molar-refractivity contribution in [2.24, 2.45) is 0 Å². The van der Waals surface area contributed by atoms with Gasteiger partial charge in [0, 0.05) is 23.0 Å². The molecule has 0 saturated heterocycles. The van der Waals surface area contributed by atoms with E-state index >= 15 is 0 Å². The van der Waals surface area contributed by atoms with E-state index in [-0.39, 0.29) is 23.3 Å². The van der Waals surface area contributed by atoms with Crippen molar-refractivity contribution in [3.63, 3.8) is 0 Å². The van der Waals surface area contributed by atoms with Gasteiger partial charge in [-0.15, -0.1) is 0 Å². The van der Waals surface area contributed by atoms with Gasteiger partial charge >= 0.3 is 0 Å². The molecule has 0 aliphatic carbocycles. The number of benzene rings is 2. The number of anilines is 1. The number of nitrogens with one attached hydrogen (secondary N) is 2. The van der Waals surface area contributed by atoms with Crippen LogP contribution in [0.2, 0.25) is 0 Å². The highest BCUT2D eigenvalue weighted by Gasteiger charge is 2.12. The number of hydrogen-bond acceptors (Lipinski definition) is 3. The predicted octanol–water partition coefficient (Wildman–Crippen LogP) is 2.69. The van der Waals surface area contributed by atoms with Gasteiger partial charge in [-0.2, -0.15) is 0 Å². The molecule has 0 saturated carbocycles. The van der Waals surface area contributed by atoms with Crippen LogP contribution in [0.25, 0.3) is 0 Å². The minimum atomic E-state index is -1.53. The summed E-state index contributed by atoms with van der Waals surface area (Å²) in [6.07, 6.45) is 2.62. The Morgan fingerprint density at radius 1 is 0.889 bits per heavy atom. The third-order valence-corrected chi connectivity index (χ3v) is 5.21. The van der Waals surface area contributed by atoms with Crippen LogP contribution in [0, 0.1) is 0 Å². The number of carbonyl (C=O) groups excluding carboxylic acids is 2. The van der Waals surface area contributed by atoms with E-state index in [0.717, 1.165) is 19.3 Å². The molecule has 0 aromatic heterocycles. The molecule has 2 N–H and O–H groups in total. The summed E-state index contributed by atoms with van der Waals surface area (Å²) in [5, 5.41) is 5.46. The molecule has 6 heteroatoms. The second kappa shape index (κ2) is 11.3. The molecule has 0 radical (unpaired) electrons. The van der Waals surface area contributed by atoms with Crippen LogP contribution in [0.3, 0.4) is 0 Å². The zero-order valence-corrected chi connectivity index (χ0v) is 16.4. The topological polar surface area (TPSA) is 75.3 Å². The third-order valence-electron chi connectivity index (χ3n) is 4.04. The van der Waals surface area contributed by atoms with Gasteiger partial charge in [0.2, 0.25) is 11.8 Å². The lowest BCUT2D eigenvalue weighted by Crippen LogP contribution is -2.32. The molecule has 0 aliphatic heterocycles. The van der Waals surface area contributed by atoms with Gasteiger partial charge in [-0.05, 0) is 42.5 Å². The number of aryl methyl sites for hydroxylation is 2. The van der Waals surface area contributed by atoms with Gasteiger partial charge in [-0.3, -0.25) is 13.8 Å². The highest BCUT2D eigenvalue weighted by atomic mass is 32.2. The van der Waals surface area contributed by atoms with E-state index < -0.39 is 10.8 Å². The van der Waals surface area contributed by atoms with Crippen LogP contribution in [0.5, 0.6) is 0 Å². The molecule has 2 rings (SSSR count). The number of rotatable bonds is 10. The average Bonchev–Trinajstić information content (AvgIpc) is 2.66. The second-order valence-corrected chi connectivity index (χ2v) is 7.72. The highest BCUT2D eigenvalue weighted by Crippen LogP contribution is 2.09. The Bertz CT molecular complexity index is 761. The normalized spacial score (nSPS) is 11.6. The summed E-state index contributed by atoms with van der Waals surface area (Å²) < 4.78 is 12.0. The van der Waals surface area contributed by atoms with Crippen molar-refractivity contribution >= 4 is 28.3 Å². The molecule has 5 nitrogen and oxygen atoms in total. The number of carbonyl (C=O) groups is 2. The summed E-state index contributed by atoms with van der Waals surface area (Å²) in [6.45, 7) is 2.59. The SMILES string of the molecule is CCc1ccc(NC(=O)C[S@@](=O)CC(=O)NCCCc2ccccc2)cc1. The summed E-state index contributed by atoms with van der Waals surface area (Å²) in [7, 11) is -1.53. The van der Waals surface area contributed by atoms with Crippen LogP contribution < -0.4 is 10.6 Å². The fraction of sp³-hybridized carbons (Fsp3) is 0.333. The Labute approximate surface area is 163 Å². The van der Waals surface area contributed by atoms with Crippen molar-refractivity contribution in [2.45, 2.75) is 26.2 Å². The molecule has 2 aromatic rings. The lowest BCUT2D eigenvalue weighted by atomic mass is 10.1. The monoisotopic (exact) mass is 386 g/mol. The second-order valence-electron chi connectivity index (χ2n) is 6.27. The first-order valence-electron chi connectivity index (χ1n) is 9.11. The molecule has 0 heterocycles. The van der Waals surface area contributed by atoms with Crippen LogP contribution >= 0.6 is 0 Å². The minimum absolute atomic E-state index is 0.159. The highest BCUT2D eigenvalue weighted by molar-refractivity contribution is 7.86. The van der Waals surface area contributed by atoms with E-state index in [0.29, 0.717) is 12.2 Å². The van der Waals surface area contributed by atoms with E-state index in [1.165, 1.54) is 11.1 Å². The summed E-state index contributed by atoms with van der Waals surface area (Å²) >= 11 is 0. The van der Waals surface area contributed by atoms with Crippen LogP contribution in [0.1, 0.15) is 24.5 Å². The zero-order valence-electron chi connectivity index (χ0n) is 15.6. The molecule has 1 atom stereocenters. The standard InChI is InChI=1S/C21H26N2O3S/c1-2-17-10-12-19(13-11-17)23-21(25)16-27(26)15-20(24)22-14-6-9-18-7-4-3-5-8-18/h3-5,7-8,10-13H,2,6,9,14-16H2,1H3,(H,22,24)(H,23,25)/t27-/m0/s1. The van der Waals surface area contributed by atoms with Crippen LogP contribution in [0.15, 0.2) is 54.6 Å². The fourth-order valence-electron chi connectivity index (χ4n) is 2.58. The lowest BCUT2D eigenvalue weighted by molar-refractivity contribution is -0.118. The van der Waals surface area contributed by atoms with Gasteiger partial charge in [0.05, 0.1) is 0 Å². The molecule has 2 amide bonds. The molecule has 0 spiro atoms. The Hall–Kier alpha value is -2.47. The van der Waals surface area contributed by atoms with Crippen molar-refractivity contribution in [3.8, 4) is 0 Å². The molecule has 2 aromatic carbocycles. The Kier molecular flexibility index (Phi) is 8.71. The summed E-state index contributed by atoms with van der Waals surface area (Å²) in [4.78, 5) is 23.8. The van der Waals surface area contributed by atoms with Crippen molar-refractivity contribution < 1.29 is 13.8 Å². The van der Waals surface area contributed by atoms with E-state index in [2.05, 4.69) is 17.6 Å². The predicted molar refractivity (Wildman–Crippen MR) is 110 cm³/mol. The van der Waals surface area contributed by atoms with Gasteiger partial charge in [0.25, 0.3) is 0 Å². The smallest absolute Gasteiger partial charge is 0.237 e. The molecule has 0 unspecified atom stereocenters. The Morgan fingerprint density at radius 3 is 2.22 bits per heavy atom. The molecular formula is C21H26N2O3S. The number of amides is 2. The van der Waals surface area contributed by atoms with Crippen LogP contribution in [0.4, 0.5) is 5.69 Å². The lowest BCUT2D eigenvalue weighted by Gasteiger charge is -2.07. The summed E-state index contributed by atoms with van der Waals surface area (Å²) in [5.41, 5.74) is 3.07. The van der Waals surface area contributed by atoms with E-state index in [9.17, 15) is 13.8 Å². The van der Waals surface area contributed by atoms with Gasteiger partial charge in [0.1, 0.15) is 11.5 Å². The summed E-state index contributed by atoms with van der Waals surface area (Å²) in [5.74, 6) is -0.989. The molecule has 0 bridgehead atoms. The van der Waals surface area contributed by atoms with Gasteiger partial charge in [0.15, 0.2) is 0 Å². The first kappa shape index (κ1) is 20.8. The number of hydrogen-bond donors (Lipinski definition) is 2. The fourth-order valence-corrected chi connectivity index (χ4v) is 3.44. The first-order valence-corrected chi connectivity index (χ1v) is 10.6. The Balaban J connectivity index is 1.63. The van der Waals surface area contributed by atoms with Crippen molar-refractivity contribution in [1.29, 1.82) is 0 Å². The van der Waals surface area contributed by atoms with Crippen molar-refractivity contribution in [1.82, 2.24) is 5.32 Å². The Morgan fingerprint density at radius 2 is 1.56 bits per heavy atom. The third kappa shape index (κ3) is 8.17.